The molecule has 4 rings (SSSR count). The van der Waals surface area contributed by atoms with Crippen molar-refractivity contribution >= 4 is 0 Å². The Morgan fingerprint density at radius 1 is 1.04 bits per heavy atom. The third kappa shape index (κ3) is 4.44. The van der Waals surface area contributed by atoms with Crippen LogP contribution >= 0.6 is 0 Å². The fourth-order valence-electron chi connectivity index (χ4n) is 3.84. The maximum Gasteiger partial charge on any atom is 0.123 e. The summed E-state index contributed by atoms with van der Waals surface area (Å²) in [5.74, 6) is 0.568. The summed E-state index contributed by atoms with van der Waals surface area (Å²) in [6, 6.07) is 14.1. The number of halogens is 1. The van der Waals surface area contributed by atoms with E-state index in [4.69, 9.17) is 0 Å². The first-order valence-corrected chi connectivity index (χ1v) is 9.42. The average molecular weight is 339 g/mol. The van der Waals surface area contributed by atoms with Crippen LogP contribution in [0, 0.1) is 11.7 Å². The van der Waals surface area contributed by atoms with Gasteiger partial charge in [-0.1, -0.05) is 18.2 Å². The molecular formula is C21H26FN3. The number of rotatable bonds is 6. The molecule has 0 spiro atoms. The van der Waals surface area contributed by atoms with Gasteiger partial charge in [0, 0.05) is 37.9 Å². The molecule has 1 aromatic heterocycles. The average Bonchev–Trinajstić information content (AvgIpc) is 3.48. The van der Waals surface area contributed by atoms with E-state index < -0.39 is 0 Å². The molecule has 1 aliphatic carbocycles. The van der Waals surface area contributed by atoms with E-state index in [-0.39, 0.29) is 5.82 Å². The second kappa shape index (κ2) is 7.63. The maximum absolute atomic E-state index is 13.2. The highest BCUT2D eigenvalue weighted by Gasteiger charge is 2.34. The first-order chi connectivity index (χ1) is 12.3. The molecule has 25 heavy (non-hydrogen) atoms. The van der Waals surface area contributed by atoms with Gasteiger partial charge in [-0.3, -0.25) is 9.88 Å². The molecule has 2 fully saturated rings. The number of aromatic nitrogens is 1. The number of nitrogens with one attached hydrogen (secondary N) is 1. The summed E-state index contributed by atoms with van der Waals surface area (Å²) >= 11 is 0. The molecule has 0 amide bonds. The van der Waals surface area contributed by atoms with E-state index in [9.17, 15) is 4.39 Å². The summed E-state index contributed by atoms with van der Waals surface area (Å²) in [6.07, 6.45) is 6.77. The van der Waals surface area contributed by atoms with Crippen LogP contribution in [0.15, 0.2) is 48.7 Å². The van der Waals surface area contributed by atoms with Crippen molar-refractivity contribution in [3.8, 4) is 0 Å². The Balaban J connectivity index is 1.32. The van der Waals surface area contributed by atoms with Crippen LogP contribution in [0.1, 0.15) is 43.0 Å². The SMILES string of the molecule is Fc1ccc([C@@H](NC2CCN(Cc3ccccn3)CC2)C2CC2)cc1. The molecule has 0 bridgehead atoms. The monoisotopic (exact) mass is 339 g/mol. The number of nitrogens with zero attached hydrogens (tertiary/aromatic N) is 2. The normalized spacial score (nSPS) is 20.5. The minimum Gasteiger partial charge on any atom is -0.307 e. The Bertz CT molecular complexity index is 661. The standard InChI is InChI=1S/C21H26FN3/c22-18-8-6-17(7-9-18)21(16-4-5-16)24-19-10-13-25(14-11-19)15-20-3-1-2-12-23-20/h1-3,6-9,12,16,19,21,24H,4-5,10-11,13-15H2/t21-/m0/s1. The van der Waals surface area contributed by atoms with Crippen molar-refractivity contribution < 1.29 is 4.39 Å². The fraction of sp³-hybridized carbons (Fsp3) is 0.476. The summed E-state index contributed by atoms with van der Waals surface area (Å²) in [7, 11) is 0. The number of hydrogen-bond donors (Lipinski definition) is 1. The van der Waals surface area contributed by atoms with Crippen molar-refractivity contribution in [3.63, 3.8) is 0 Å². The van der Waals surface area contributed by atoms with E-state index in [1.54, 1.807) is 12.1 Å². The minimum absolute atomic E-state index is 0.152. The Kier molecular flexibility index (Phi) is 5.09. The van der Waals surface area contributed by atoms with Gasteiger partial charge in [0.15, 0.2) is 0 Å². The number of piperidine rings is 1. The number of benzene rings is 1. The summed E-state index contributed by atoms with van der Waals surface area (Å²) in [5.41, 5.74) is 2.39. The lowest BCUT2D eigenvalue weighted by molar-refractivity contribution is 0.179. The van der Waals surface area contributed by atoms with Crippen LogP contribution in [0.4, 0.5) is 4.39 Å². The van der Waals surface area contributed by atoms with Crippen LogP contribution in [0.2, 0.25) is 0 Å². The van der Waals surface area contributed by atoms with E-state index in [0.717, 1.165) is 44.1 Å². The van der Waals surface area contributed by atoms with Crippen LogP contribution in [0.25, 0.3) is 0 Å². The second-order valence-electron chi connectivity index (χ2n) is 7.40. The summed E-state index contributed by atoms with van der Waals surface area (Å²) in [5, 5.41) is 3.87. The molecule has 4 heteroatoms. The molecule has 2 heterocycles. The zero-order chi connectivity index (χ0) is 17.1. The molecule has 3 nitrogen and oxygen atoms in total. The minimum atomic E-state index is -0.152. The molecule has 2 aromatic rings. The molecule has 1 aromatic carbocycles. The lowest BCUT2D eigenvalue weighted by Gasteiger charge is -2.34. The van der Waals surface area contributed by atoms with E-state index in [1.807, 2.05) is 24.4 Å². The Hall–Kier alpha value is -1.78. The van der Waals surface area contributed by atoms with Gasteiger partial charge in [0.05, 0.1) is 5.69 Å². The van der Waals surface area contributed by atoms with Crippen LogP contribution in [0.3, 0.4) is 0 Å². The van der Waals surface area contributed by atoms with Crippen molar-refractivity contribution in [2.75, 3.05) is 13.1 Å². The summed E-state index contributed by atoms with van der Waals surface area (Å²) < 4.78 is 13.2. The molecule has 1 saturated carbocycles. The molecular weight excluding hydrogens is 313 g/mol. The number of pyridine rings is 1. The van der Waals surface area contributed by atoms with Crippen LogP contribution < -0.4 is 5.32 Å². The van der Waals surface area contributed by atoms with E-state index in [2.05, 4.69) is 27.3 Å². The molecule has 0 radical (unpaired) electrons. The zero-order valence-corrected chi connectivity index (χ0v) is 14.6. The summed E-state index contributed by atoms with van der Waals surface area (Å²) in [4.78, 5) is 6.92. The number of hydrogen-bond acceptors (Lipinski definition) is 3. The molecule has 1 N–H and O–H groups in total. The fourth-order valence-corrected chi connectivity index (χ4v) is 3.84. The van der Waals surface area contributed by atoms with Crippen molar-refractivity contribution in [1.29, 1.82) is 0 Å². The Morgan fingerprint density at radius 3 is 2.44 bits per heavy atom. The highest BCUT2D eigenvalue weighted by Crippen LogP contribution is 2.41. The quantitative estimate of drug-likeness (QED) is 0.864. The van der Waals surface area contributed by atoms with Crippen LogP contribution in [0.5, 0.6) is 0 Å². The third-order valence-electron chi connectivity index (χ3n) is 5.44. The third-order valence-corrected chi connectivity index (χ3v) is 5.44. The topological polar surface area (TPSA) is 28.2 Å². The van der Waals surface area contributed by atoms with E-state index in [0.29, 0.717) is 12.1 Å². The lowest BCUT2D eigenvalue weighted by Crippen LogP contribution is -2.43. The van der Waals surface area contributed by atoms with E-state index in [1.165, 1.54) is 18.4 Å². The summed E-state index contributed by atoms with van der Waals surface area (Å²) in [6.45, 7) is 3.15. The number of likely N-dealkylation sites (tertiary alicyclic amines) is 1. The lowest BCUT2D eigenvalue weighted by atomic mass is 9.98. The highest BCUT2D eigenvalue weighted by atomic mass is 19.1. The Morgan fingerprint density at radius 2 is 1.80 bits per heavy atom. The van der Waals surface area contributed by atoms with Gasteiger partial charge in [-0.2, -0.15) is 0 Å². The van der Waals surface area contributed by atoms with Gasteiger partial charge < -0.3 is 5.32 Å². The predicted molar refractivity (Wildman–Crippen MR) is 97.5 cm³/mol. The van der Waals surface area contributed by atoms with Crippen LogP contribution in [-0.2, 0) is 6.54 Å². The Labute approximate surface area is 149 Å². The molecule has 2 aliphatic rings. The van der Waals surface area contributed by atoms with Gasteiger partial charge in [0.25, 0.3) is 0 Å². The molecule has 0 unspecified atom stereocenters. The van der Waals surface area contributed by atoms with Crippen molar-refractivity contribution in [2.24, 2.45) is 5.92 Å². The predicted octanol–water partition coefficient (Wildman–Crippen LogP) is 3.93. The van der Waals surface area contributed by atoms with Gasteiger partial charge >= 0.3 is 0 Å². The first kappa shape index (κ1) is 16.7. The van der Waals surface area contributed by atoms with Crippen molar-refractivity contribution in [1.82, 2.24) is 15.2 Å². The zero-order valence-electron chi connectivity index (χ0n) is 14.6. The molecule has 1 aliphatic heterocycles. The van der Waals surface area contributed by atoms with Crippen molar-refractivity contribution in [3.05, 3.63) is 65.7 Å². The van der Waals surface area contributed by atoms with Crippen molar-refractivity contribution in [2.45, 2.75) is 44.3 Å². The van der Waals surface area contributed by atoms with Gasteiger partial charge in [-0.25, -0.2) is 4.39 Å². The van der Waals surface area contributed by atoms with Gasteiger partial charge in [0.1, 0.15) is 5.82 Å². The molecule has 1 atom stereocenters. The largest absolute Gasteiger partial charge is 0.307 e. The first-order valence-electron chi connectivity index (χ1n) is 9.42. The molecule has 132 valence electrons. The van der Waals surface area contributed by atoms with Crippen LogP contribution in [-0.4, -0.2) is 29.0 Å². The van der Waals surface area contributed by atoms with Gasteiger partial charge in [-0.05, 0) is 61.4 Å². The smallest absolute Gasteiger partial charge is 0.123 e. The van der Waals surface area contributed by atoms with Gasteiger partial charge in [-0.15, -0.1) is 0 Å². The second-order valence-corrected chi connectivity index (χ2v) is 7.40. The highest BCUT2D eigenvalue weighted by molar-refractivity contribution is 5.22. The van der Waals surface area contributed by atoms with E-state index >= 15 is 0 Å². The van der Waals surface area contributed by atoms with Gasteiger partial charge in [0.2, 0.25) is 0 Å². The molecule has 1 saturated heterocycles. The maximum atomic E-state index is 13.2.